The van der Waals surface area contributed by atoms with Gasteiger partial charge in [0.1, 0.15) is 5.82 Å². The van der Waals surface area contributed by atoms with Gasteiger partial charge >= 0.3 is 0 Å². The molecule has 0 aliphatic heterocycles. The summed E-state index contributed by atoms with van der Waals surface area (Å²) in [7, 11) is 0. The summed E-state index contributed by atoms with van der Waals surface area (Å²) in [6.45, 7) is 3.96. The summed E-state index contributed by atoms with van der Waals surface area (Å²) >= 11 is 0. The first-order valence-corrected chi connectivity index (χ1v) is 6.03. The van der Waals surface area contributed by atoms with Gasteiger partial charge in [-0.25, -0.2) is 4.39 Å². The SMILES string of the molecule is CC(C)c1cc(C#Cc2ccccc2)ccc1F. The molecular weight excluding hydrogens is 223 g/mol. The van der Waals surface area contributed by atoms with Crippen molar-refractivity contribution < 1.29 is 4.39 Å². The van der Waals surface area contributed by atoms with Gasteiger partial charge in [-0.15, -0.1) is 0 Å². The topological polar surface area (TPSA) is 0 Å². The number of rotatable bonds is 1. The lowest BCUT2D eigenvalue weighted by Crippen LogP contribution is -1.93. The van der Waals surface area contributed by atoms with Crippen LogP contribution in [0.1, 0.15) is 36.5 Å². The second kappa shape index (κ2) is 5.51. The van der Waals surface area contributed by atoms with Crippen LogP contribution >= 0.6 is 0 Å². The fourth-order valence-electron chi connectivity index (χ4n) is 1.73. The van der Waals surface area contributed by atoms with Gasteiger partial charge in [-0.3, -0.25) is 0 Å². The van der Waals surface area contributed by atoms with Crippen LogP contribution in [0.15, 0.2) is 48.5 Å². The van der Waals surface area contributed by atoms with E-state index >= 15 is 0 Å². The van der Waals surface area contributed by atoms with Crippen molar-refractivity contribution in [1.29, 1.82) is 0 Å². The van der Waals surface area contributed by atoms with E-state index in [0.29, 0.717) is 0 Å². The predicted molar refractivity (Wildman–Crippen MR) is 72.9 cm³/mol. The van der Waals surface area contributed by atoms with Gasteiger partial charge in [-0.1, -0.05) is 43.9 Å². The Labute approximate surface area is 107 Å². The van der Waals surface area contributed by atoms with E-state index in [1.165, 1.54) is 6.07 Å². The van der Waals surface area contributed by atoms with Crippen molar-refractivity contribution >= 4 is 0 Å². The van der Waals surface area contributed by atoms with E-state index in [-0.39, 0.29) is 11.7 Å². The van der Waals surface area contributed by atoms with Crippen LogP contribution in [-0.4, -0.2) is 0 Å². The van der Waals surface area contributed by atoms with Crippen molar-refractivity contribution in [2.75, 3.05) is 0 Å². The Hall–Kier alpha value is -2.07. The third kappa shape index (κ3) is 2.99. The minimum absolute atomic E-state index is 0.157. The van der Waals surface area contributed by atoms with E-state index in [4.69, 9.17) is 0 Å². The van der Waals surface area contributed by atoms with Crippen LogP contribution in [-0.2, 0) is 0 Å². The minimum Gasteiger partial charge on any atom is -0.207 e. The molecule has 0 bridgehead atoms. The van der Waals surface area contributed by atoms with E-state index in [2.05, 4.69) is 11.8 Å². The second-order valence-corrected chi connectivity index (χ2v) is 4.51. The largest absolute Gasteiger partial charge is 0.207 e. The normalized spacial score (nSPS) is 10.0. The van der Waals surface area contributed by atoms with Crippen LogP contribution in [0.2, 0.25) is 0 Å². The predicted octanol–water partition coefficient (Wildman–Crippen LogP) is 4.35. The number of hydrogen-bond donors (Lipinski definition) is 0. The standard InChI is InChI=1S/C17H15F/c1-13(2)16-12-15(10-11-17(16)18)9-8-14-6-4-3-5-7-14/h3-7,10-13H,1-2H3. The molecule has 0 fully saturated rings. The highest BCUT2D eigenvalue weighted by molar-refractivity contribution is 5.44. The van der Waals surface area contributed by atoms with Crippen molar-refractivity contribution in [2.45, 2.75) is 19.8 Å². The molecule has 0 amide bonds. The smallest absolute Gasteiger partial charge is 0.126 e. The molecule has 2 aromatic carbocycles. The minimum atomic E-state index is -0.157. The molecule has 0 aliphatic rings. The van der Waals surface area contributed by atoms with E-state index in [0.717, 1.165) is 16.7 Å². The molecule has 0 saturated carbocycles. The molecule has 0 N–H and O–H groups in total. The van der Waals surface area contributed by atoms with Crippen LogP contribution in [0.4, 0.5) is 4.39 Å². The van der Waals surface area contributed by atoms with E-state index in [9.17, 15) is 4.39 Å². The Kier molecular flexibility index (Phi) is 3.79. The van der Waals surface area contributed by atoms with Gasteiger partial charge in [0.15, 0.2) is 0 Å². The summed E-state index contributed by atoms with van der Waals surface area (Å²) in [6, 6.07) is 14.8. The first-order valence-electron chi connectivity index (χ1n) is 6.03. The summed E-state index contributed by atoms with van der Waals surface area (Å²) in [6.07, 6.45) is 0. The number of hydrogen-bond acceptors (Lipinski definition) is 0. The third-order valence-corrected chi connectivity index (χ3v) is 2.74. The molecule has 1 heteroatoms. The van der Waals surface area contributed by atoms with E-state index < -0.39 is 0 Å². The van der Waals surface area contributed by atoms with E-state index in [1.54, 1.807) is 6.07 Å². The van der Waals surface area contributed by atoms with Crippen molar-refractivity contribution in [3.63, 3.8) is 0 Å². The van der Waals surface area contributed by atoms with E-state index in [1.807, 2.05) is 50.2 Å². The summed E-state index contributed by atoms with van der Waals surface area (Å²) in [5, 5.41) is 0. The van der Waals surface area contributed by atoms with Crippen molar-refractivity contribution in [3.05, 3.63) is 71.0 Å². The average molecular weight is 238 g/mol. The lowest BCUT2D eigenvalue weighted by atomic mass is 10.00. The molecule has 0 heterocycles. The number of benzene rings is 2. The second-order valence-electron chi connectivity index (χ2n) is 4.51. The molecule has 2 aromatic rings. The molecule has 2 rings (SSSR count). The zero-order chi connectivity index (χ0) is 13.0. The van der Waals surface area contributed by atoms with Crippen molar-refractivity contribution in [1.82, 2.24) is 0 Å². The van der Waals surface area contributed by atoms with Crippen LogP contribution in [0.5, 0.6) is 0 Å². The molecule has 0 spiro atoms. The Bertz CT molecular complexity index is 586. The maximum atomic E-state index is 13.5. The quantitative estimate of drug-likeness (QED) is 0.648. The summed E-state index contributed by atoms with van der Waals surface area (Å²) in [5.41, 5.74) is 2.53. The first kappa shape index (κ1) is 12.4. The molecule has 0 aliphatic carbocycles. The summed E-state index contributed by atoms with van der Waals surface area (Å²) in [5.74, 6) is 6.15. The molecule has 0 unspecified atom stereocenters. The highest BCUT2D eigenvalue weighted by Crippen LogP contribution is 2.19. The van der Waals surface area contributed by atoms with Gasteiger partial charge in [-0.2, -0.15) is 0 Å². The van der Waals surface area contributed by atoms with Crippen LogP contribution < -0.4 is 0 Å². The maximum absolute atomic E-state index is 13.5. The van der Waals surface area contributed by atoms with Gasteiger partial charge in [0.05, 0.1) is 0 Å². The van der Waals surface area contributed by atoms with Crippen molar-refractivity contribution in [2.24, 2.45) is 0 Å². The molecule has 0 nitrogen and oxygen atoms in total. The summed E-state index contributed by atoms with van der Waals surface area (Å²) in [4.78, 5) is 0. The fourth-order valence-corrected chi connectivity index (χ4v) is 1.73. The zero-order valence-electron chi connectivity index (χ0n) is 10.6. The zero-order valence-corrected chi connectivity index (χ0v) is 10.6. The van der Waals surface area contributed by atoms with Gasteiger partial charge in [-0.05, 0) is 41.8 Å². The van der Waals surface area contributed by atoms with Crippen LogP contribution in [0.3, 0.4) is 0 Å². The Balaban J connectivity index is 2.31. The molecular formula is C17H15F. The lowest BCUT2D eigenvalue weighted by Gasteiger charge is -2.06. The average Bonchev–Trinajstić information content (AvgIpc) is 2.38. The molecule has 18 heavy (non-hydrogen) atoms. The Morgan fingerprint density at radius 1 is 0.889 bits per heavy atom. The van der Waals surface area contributed by atoms with Crippen LogP contribution in [0, 0.1) is 17.7 Å². The van der Waals surface area contributed by atoms with Gasteiger partial charge in [0, 0.05) is 11.1 Å². The molecule has 0 saturated heterocycles. The monoisotopic (exact) mass is 238 g/mol. The Morgan fingerprint density at radius 2 is 1.56 bits per heavy atom. The molecule has 0 radical (unpaired) electrons. The Morgan fingerprint density at radius 3 is 2.22 bits per heavy atom. The highest BCUT2D eigenvalue weighted by Gasteiger charge is 2.06. The van der Waals surface area contributed by atoms with Gasteiger partial charge in [0.2, 0.25) is 0 Å². The van der Waals surface area contributed by atoms with Crippen molar-refractivity contribution in [3.8, 4) is 11.8 Å². The highest BCUT2D eigenvalue weighted by atomic mass is 19.1. The fraction of sp³-hybridized carbons (Fsp3) is 0.176. The number of halogens is 1. The maximum Gasteiger partial charge on any atom is 0.126 e. The van der Waals surface area contributed by atoms with Gasteiger partial charge in [0.25, 0.3) is 0 Å². The lowest BCUT2D eigenvalue weighted by molar-refractivity contribution is 0.598. The van der Waals surface area contributed by atoms with Gasteiger partial charge < -0.3 is 0 Å². The molecule has 90 valence electrons. The molecule has 0 atom stereocenters. The summed E-state index contributed by atoms with van der Waals surface area (Å²) < 4.78 is 13.5. The molecule has 0 aromatic heterocycles. The van der Waals surface area contributed by atoms with Crippen LogP contribution in [0.25, 0.3) is 0 Å². The first-order chi connectivity index (χ1) is 8.66. The third-order valence-electron chi connectivity index (χ3n) is 2.74.